The van der Waals surface area contributed by atoms with Crippen LogP contribution >= 0.6 is 15.9 Å². The van der Waals surface area contributed by atoms with Crippen LogP contribution in [-0.2, 0) is 0 Å². The van der Waals surface area contributed by atoms with Gasteiger partial charge in [0.05, 0.1) is 4.47 Å². The Balaban J connectivity index is 1.56. The molecule has 0 atom stereocenters. The number of phenols is 1. The van der Waals surface area contributed by atoms with Crippen molar-refractivity contribution in [2.24, 2.45) is 0 Å². The molecule has 0 saturated carbocycles. The second-order valence-electron chi connectivity index (χ2n) is 5.55. The Morgan fingerprint density at radius 1 is 0.962 bits per heavy atom. The second kappa shape index (κ2) is 7.09. The van der Waals surface area contributed by atoms with Crippen molar-refractivity contribution >= 4 is 39.1 Å². The molecule has 3 N–H and O–H groups in total. The molecule has 1 aromatic heterocycles. The number of anilines is 4. The van der Waals surface area contributed by atoms with E-state index in [0.717, 1.165) is 17.1 Å². The zero-order valence-corrected chi connectivity index (χ0v) is 15.2. The molecule has 0 amide bonds. The first-order valence-corrected chi connectivity index (χ1v) is 8.72. The van der Waals surface area contributed by atoms with Gasteiger partial charge in [0.2, 0.25) is 5.95 Å². The molecule has 8 heteroatoms. The van der Waals surface area contributed by atoms with Gasteiger partial charge in [0.25, 0.3) is 0 Å². The standard InChI is InChI=1S/C18H15BrN4O3/c19-14-10-20-18(23-17(14)21-11-2-1-3-13(24)8-11)22-12-4-5-15-16(9-12)26-7-6-25-15/h1-5,8-10,24H,6-7H2,(H2,20,21,22,23). The molecule has 2 aromatic carbocycles. The maximum atomic E-state index is 9.59. The number of halogens is 1. The first-order chi connectivity index (χ1) is 12.7. The number of aromatic hydroxyl groups is 1. The number of rotatable bonds is 4. The summed E-state index contributed by atoms with van der Waals surface area (Å²) < 4.78 is 11.8. The van der Waals surface area contributed by atoms with Gasteiger partial charge in [-0.25, -0.2) is 4.98 Å². The largest absolute Gasteiger partial charge is 0.508 e. The van der Waals surface area contributed by atoms with Gasteiger partial charge in [-0.15, -0.1) is 0 Å². The molecule has 0 saturated heterocycles. The van der Waals surface area contributed by atoms with E-state index >= 15 is 0 Å². The predicted octanol–water partition coefficient (Wildman–Crippen LogP) is 4.20. The van der Waals surface area contributed by atoms with E-state index in [1.54, 1.807) is 24.4 Å². The molecule has 0 unspecified atom stereocenters. The maximum Gasteiger partial charge on any atom is 0.229 e. The second-order valence-corrected chi connectivity index (χ2v) is 6.40. The molecule has 0 spiro atoms. The monoisotopic (exact) mass is 414 g/mol. The summed E-state index contributed by atoms with van der Waals surface area (Å²) in [5, 5.41) is 15.9. The minimum atomic E-state index is 0.176. The molecule has 3 aromatic rings. The fraction of sp³-hybridized carbons (Fsp3) is 0.111. The zero-order valence-electron chi connectivity index (χ0n) is 13.6. The van der Waals surface area contributed by atoms with Crippen molar-refractivity contribution in [3.8, 4) is 17.2 Å². The van der Waals surface area contributed by atoms with Crippen LogP contribution in [0.4, 0.5) is 23.1 Å². The Bertz CT molecular complexity index is 951. The molecule has 7 nitrogen and oxygen atoms in total. The minimum absolute atomic E-state index is 0.176. The van der Waals surface area contributed by atoms with Gasteiger partial charge in [-0.1, -0.05) is 6.07 Å². The van der Waals surface area contributed by atoms with E-state index in [-0.39, 0.29) is 5.75 Å². The van der Waals surface area contributed by atoms with Gasteiger partial charge in [-0.05, 0) is 40.2 Å². The summed E-state index contributed by atoms with van der Waals surface area (Å²) in [5.41, 5.74) is 1.51. The van der Waals surface area contributed by atoms with Crippen LogP contribution in [0.5, 0.6) is 17.2 Å². The first-order valence-electron chi connectivity index (χ1n) is 7.93. The third-order valence-electron chi connectivity index (χ3n) is 3.65. The first kappa shape index (κ1) is 16.5. The Kier molecular flexibility index (Phi) is 4.49. The molecular weight excluding hydrogens is 400 g/mol. The van der Waals surface area contributed by atoms with Gasteiger partial charge in [-0.3, -0.25) is 0 Å². The summed E-state index contributed by atoms with van der Waals surface area (Å²) in [6.07, 6.45) is 1.65. The van der Waals surface area contributed by atoms with Gasteiger partial charge < -0.3 is 25.2 Å². The highest BCUT2D eigenvalue weighted by atomic mass is 79.9. The molecule has 0 aliphatic carbocycles. The third-order valence-corrected chi connectivity index (χ3v) is 4.23. The topological polar surface area (TPSA) is 88.5 Å². The van der Waals surface area contributed by atoms with Crippen molar-refractivity contribution in [3.05, 3.63) is 53.1 Å². The fourth-order valence-corrected chi connectivity index (χ4v) is 2.78. The van der Waals surface area contributed by atoms with Crippen LogP contribution in [0, 0.1) is 0 Å². The summed E-state index contributed by atoms with van der Waals surface area (Å²) in [7, 11) is 0. The lowest BCUT2D eigenvalue weighted by Crippen LogP contribution is -2.15. The van der Waals surface area contributed by atoms with E-state index in [2.05, 4.69) is 36.5 Å². The van der Waals surface area contributed by atoms with Crippen molar-refractivity contribution < 1.29 is 14.6 Å². The molecule has 1 aliphatic rings. The minimum Gasteiger partial charge on any atom is -0.508 e. The van der Waals surface area contributed by atoms with Gasteiger partial charge >= 0.3 is 0 Å². The van der Waals surface area contributed by atoms with Crippen LogP contribution in [0.25, 0.3) is 0 Å². The quantitative estimate of drug-likeness (QED) is 0.589. The summed E-state index contributed by atoms with van der Waals surface area (Å²) in [6.45, 7) is 1.09. The maximum absolute atomic E-state index is 9.59. The molecule has 0 radical (unpaired) electrons. The normalized spacial score (nSPS) is 12.5. The lowest BCUT2D eigenvalue weighted by molar-refractivity contribution is 0.171. The van der Waals surface area contributed by atoms with Gasteiger partial charge in [0, 0.05) is 29.7 Å². The molecule has 1 aliphatic heterocycles. The van der Waals surface area contributed by atoms with Crippen molar-refractivity contribution in [1.82, 2.24) is 9.97 Å². The van der Waals surface area contributed by atoms with Crippen LogP contribution in [0.2, 0.25) is 0 Å². The molecule has 0 bridgehead atoms. The average Bonchev–Trinajstić information content (AvgIpc) is 2.64. The Morgan fingerprint density at radius 3 is 2.62 bits per heavy atom. The van der Waals surface area contributed by atoms with E-state index in [4.69, 9.17) is 9.47 Å². The van der Waals surface area contributed by atoms with Gasteiger partial charge in [0.1, 0.15) is 24.8 Å². The number of hydrogen-bond acceptors (Lipinski definition) is 7. The van der Waals surface area contributed by atoms with Gasteiger partial charge in [0.15, 0.2) is 11.5 Å². The highest BCUT2D eigenvalue weighted by molar-refractivity contribution is 9.10. The SMILES string of the molecule is Oc1cccc(Nc2nc(Nc3ccc4c(c3)OCCO4)ncc2Br)c1. The smallest absolute Gasteiger partial charge is 0.229 e. The van der Waals surface area contributed by atoms with E-state index in [0.29, 0.717) is 35.2 Å². The highest BCUT2D eigenvalue weighted by Crippen LogP contribution is 2.33. The van der Waals surface area contributed by atoms with E-state index in [1.807, 2.05) is 24.3 Å². The molecule has 2 heterocycles. The summed E-state index contributed by atoms with van der Waals surface area (Å²) >= 11 is 3.43. The van der Waals surface area contributed by atoms with Crippen LogP contribution in [0.3, 0.4) is 0 Å². The zero-order chi connectivity index (χ0) is 17.9. The highest BCUT2D eigenvalue weighted by Gasteiger charge is 2.13. The van der Waals surface area contributed by atoms with Crippen molar-refractivity contribution in [3.63, 3.8) is 0 Å². The summed E-state index contributed by atoms with van der Waals surface area (Å²) in [5.74, 6) is 2.59. The van der Waals surface area contributed by atoms with Gasteiger partial charge in [-0.2, -0.15) is 4.98 Å². The predicted molar refractivity (Wildman–Crippen MR) is 102 cm³/mol. The number of ether oxygens (including phenoxy) is 2. The Labute approximate surface area is 158 Å². The van der Waals surface area contributed by atoms with Crippen LogP contribution in [-0.4, -0.2) is 28.3 Å². The lowest BCUT2D eigenvalue weighted by Gasteiger charge is -2.19. The average molecular weight is 415 g/mol. The number of aromatic nitrogens is 2. The number of phenolic OH excluding ortho intramolecular Hbond substituents is 1. The number of benzene rings is 2. The Hall–Kier alpha value is -3.00. The lowest BCUT2D eigenvalue weighted by atomic mass is 10.2. The Morgan fingerprint density at radius 2 is 1.77 bits per heavy atom. The molecule has 0 fully saturated rings. The molecule has 26 heavy (non-hydrogen) atoms. The number of hydrogen-bond donors (Lipinski definition) is 3. The molecular formula is C18H15BrN4O3. The molecule has 132 valence electrons. The fourth-order valence-electron chi connectivity index (χ4n) is 2.49. The number of nitrogens with zero attached hydrogens (tertiary/aromatic N) is 2. The summed E-state index contributed by atoms with van der Waals surface area (Å²) in [6, 6.07) is 12.4. The third kappa shape index (κ3) is 3.65. The van der Waals surface area contributed by atoms with E-state index < -0.39 is 0 Å². The van der Waals surface area contributed by atoms with Crippen molar-refractivity contribution in [2.75, 3.05) is 23.8 Å². The van der Waals surface area contributed by atoms with Crippen LogP contribution in [0.1, 0.15) is 0 Å². The van der Waals surface area contributed by atoms with Crippen LogP contribution in [0.15, 0.2) is 53.1 Å². The van der Waals surface area contributed by atoms with Crippen molar-refractivity contribution in [2.45, 2.75) is 0 Å². The van der Waals surface area contributed by atoms with Crippen LogP contribution < -0.4 is 20.1 Å². The van der Waals surface area contributed by atoms with Crippen molar-refractivity contribution in [1.29, 1.82) is 0 Å². The van der Waals surface area contributed by atoms with E-state index in [9.17, 15) is 5.11 Å². The summed E-state index contributed by atoms with van der Waals surface area (Å²) in [4.78, 5) is 8.75. The molecule has 4 rings (SSSR count). The number of nitrogens with one attached hydrogen (secondary N) is 2. The number of fused-ring (bicyclic) bond motifs is 1. The van der Waals surface area contributed by atoms with E-state index in [1.165, 1.54) is 0 Å².